The molecule has 0 saturated carbocycles. The van der Waals surface area contributed by atoms with E-state index in [2.05, 4.69) is 41.7 Å². The van der Waals surface area contributed by atoms with E-state index in [0.29, 0.717) is 12.6 Å². The van der Waals surface area contributed by atoms with Crippen LogP contribution in [-0.2, 0) is 6.42 Å². The van der Waals surface area contributed by atoms with E-state index in [1.54, 1.807) is 0 Å². The van der Waals surface area contributed by atoms with Gasteiger partial charge in [-0.15, -0.1) is 0 Å². The van der Waals surface area contributed by atoms with Crippen molar-refractivity contribution in [2.75, 3.05) is 13.2 Å². The maximum absolute atomic E-state index is 10.4. The van der Waals surface area contributed by atoms with Crippen molar-refractivity contribution < 1.29 is 9.84 Å². The third kappa shape index (κ3) is 3.74. The Labute approximate surface area is 154 Å². The summed E-state index contributed by atoms with van der Waals surface area (Å²) in [5, 5.41) is 16.1. The predicted molar refractivity (Wildman–Crippen MR) is 106 cm³/mol. The van der Waals surface area contributed by atoms with Crippen molar-refractivity contribution in [1.82, 2.24) is 5.32 Å². The number of hydrogen-bond donors (Lipinski definition) is 2. The van der Waals surface area contributed by atoms with Gasteiger partial charge < -0.3 is 15.2 Å². The second kappa shape index (κ2) is 7.90. The third-order valence-electron chi connectivity index (χ3n) is 5.15. The van der Waals surface area contributed by atoms with Gasteiger partial charge in [-0.1, -0.05) is 60.7 Å². The summed E-state index contributed by atoms with van der Waals surface area (Å²) in [6, 6.07) is 23.1. The number of aliphatic hydroxyl groups is 1. The van der Waals surface area contributed by atoms with E-state index >= 15 is 0 Å². The molecule has 0 aromatic heterocycles. The molecule has 1 aliphatic rings. The van der Waals surface area contributed by atoms with Crippen molar-refractivity contribution in [3.05, 3.63) is 77.9 Å². The summed E-state index contributed by atoms with van der Waals surface area (Å²) in [7, 11) is 0. The van der Waals surface area contributed by atoms with Crippen LogP contribution in [0.3, 0.4) is 0 Å². The zero-order valence-electron chi connectivity index (χ0n) is 14.9. The first-order chi connectivity index (χ1) is 12.8. The lowest BCUT2D eigenvalue weighted by Crippen LogP contribution is -2.35. The van der Waals surface area contributed by atoms with Crippen LogP contribution < -0.4 is 10.1 Å². The van der Waals surface area contributed by atoms with E-state index in [9.17, 15) is 5.11 Å². The molecule has 0 fully saturated rings. The molecule has 3 heteroatoms. The van der Waals surface area contributed by atoms with Crippen molar-refractivity contribution in [3.63, 3.8) is 0 Å². The van der Waals surface area contributed by atoms with Crippen LogP contribution in [0.2, 0.25) is 0 Å². The van der Waals surface area contributed by atoms with E-state index in [0.717, 1.165) is 29.4 Å². The van der Waals surface area contributed by atoms with Gasteiger partial charge in [-0.25, -0.2) is 0 Å². The van der Waals surface area contributed by atoms with Crippen LogP contribution in [0.25, 0.3) is 10.8 Å². The molecule has 0 unspecified atom stereocenters. The largest absolute Gasteiger partial charge is 0.490 e. The number of aryl methyl sites for hydroxylation is 1. The molecule has 0 spiro atoms. The number of nitrogens with one attached hydrogen (secondary N) is 1. The molecule has 3 aromatic carbocycles. The number of ether oxygens (including phenoxy) is 1. The second-order valence-corrected chi connectivity index (χ2v) is 6.99. The monoisotopic (exact) mass is 347 g/mol. The number of rotatable bonds is 6. The van der Waals surface area contributed by atoms with Gasteiger partial charge >= 0.3 is 0 Å². The topological polar surface area (TPSA) is 41.5 Å². The molecule has 0 saturated heterocycles. The minimum Gasteiger partial charge on any atom is -0.490 e. The molecule has 2 N–H and O–H groups in total. The standard InChI is InChI=1S/C23H25NO2/c25-19(15-24-22-13-5-9-17-7-1-3-11-20(17)22)16-26-23-14-6-10-18-8-2-4-12-21(18)23/h1-4,6-8,10-12,14,19,22,24-25H,5,9,13,15-16H2/t19-,22-/m1/s1. The number of fused-ring (bicyclic) bond motifs is 2. The Morgan fingerprint density at radius 3 is 2.77 bits per heavy atom. The zero-order chi connectivity index (χ0) is 17.8. The minimum absolute atomic E-state index is 0.287. The Morgan fingerprint density at radius 2 is 1.81 bits per heavy atom. The van der Waals surface area contributed by atoms with E-state index in [1.165, 1.54) is 17.5 Å². The summed E-state index contributed by atoms with van der Waals surface area (Å²) >= 11 is 0. The molecule has 0 heterocycles. The van der Waals surface area contributed by atoms with Gasteiger partial charge in [0.05, 0.1) is 0 Å². The quantitative estimate of drug-likeness (QED) is 0.700. The van der Waals surface area contributed by atoms with Crippen molar-refractivity contribution in [3.8, 4) is 5.75 Å². The van der Waals surface area contributed by atoms with Gasteiger partial charge in [-0.05, 0) is 41.8 Å². The summed E-state index contributed by atoms with van der Waals surface area (Å²) in [6.45, 7) is 0.819. The summed E-state index contributed by atoms with van der Waals surface area (Å²) in [5.74, 6) is 0.824. The first-order valence-electron chi connectivity index (χ1n) is 9.41. The van der Waals surface area contributed by atoms with E-state index in [-0.39, 0.29) is 6.61 Å². The molecular formula is C23H25NO2. The van der Waals surface area contributed by atoms with Gasteiger partial charge in [0.25, 0.3) is 0 Å². The summed E-state index contributed by atoms with van der Waals surface area (Å²) < 4.78 is 5.90. The highest BCUT2D eigenvalue weighted by Crippen LogP contribution is 2.29. The molecule has 3 nitrogen and oxygen atoms in total. The zero-order valence-corrected chi connectivity index (χ0v) is 14.9. The molecule has 4 rings (SSSR count). The minimum atomic E-state index is -0.539. The van der Waals surface area contributed by atoms with Crippen molar-refractivity contribution in [2.45, 2.75) is 31.4 Å². The van der Waals surface area contributed by atoms with Gasteiger partial charge in [0.1, 0.15) is 18.5 Å². The number of hydrogen-bond acceptors (Lipinski definition) is 3. The lowest BCUT2D eigenvalue weighted by molar-refractivity contribution is 0.103. The van der Waals surface area contributed by atoms with Crippen molar-refractivity contribution >= 4 is 10.8 Å². The lowest BCUT2D eigenvalue weighted by Gasteiger charge is -2.27. The maximum Gasteiger partial charge on any atom is 0.127 e. The fourth-order valence-electron chi connectivity index (χ4n) is 3.81. The Balaban J connectivity index is 1.34. The fourth-order valence-corrected chi connectivity index (χ4v) is 3.81. The average molecular weight is 347 g/mol. The second-order valence-electron chi connectivity index (χ2n) is 6.99. The van der Waals surface area contributed by atoms with E-state index in [4.69, 9.17) is 4.74 Å². The van der Waals surface area contributed by atoms with Crippen LogP contribution in [0.5, 0.6) is 5.75 Å². The highest BCUT2D eigenvalue weighted by Gasteiger charge is 2.20. The Hall–Kier alpha value is -2.36. The third-order valence-corrected chi connectivity index (χ3v) is 5.15. The number of aliphatic hydroxyl groups excluding tert-OH is 1. The van der Waals surface area contributed by atoms with Gasteiger partial charge in [0.2, 0.25) is 0 Å². The normalized spacial score (nSPS) is 17.7. The van der Waals surface area contributed by atoms with Crippen LogP contribution in [-0.4, -0.2) is 24.4 Å². The lowest BCUT2D eigenvalue weighted by atomic mass is 9.88. The van der Waals surface area contributed by atoms with E-state index < -0.39 is 6.10 Å². The predicted octanol–water partition coefficient (Wildman–Crippen LogP) is 4.25. The molecule has 3 aromatic rings. The summed E-state index contributed by atoms with van der Waals surface area (Å²) in [6.07, 6.45) is 2.93. The first-order valence-corrected chi connectivity index (χ1v) is 9.41. The Kier molecular flexibility index (Phi) is 5.19. The van der Waals surface area contributed by atoms with Crippen molar-refractivity contribution in [2.24, 2.45) is 0 Å². The van der Waals surface area contributed by atoms with Gasteiger partial charge in [0, 0.05) is 18.0 Å². The molecular weight excluding hydrogens is 322 g/mol. The molecule has 0 aliphatic heterocycles. The molecule has 0 radical (unpaired) electrons. The van der Waals surface area contributed by atoms with Crippen LogP contribution in [0.1, 0.15) is 30.0 Å². The molecule has 0 bridgehead atoms. The smallest absolute Gasteiger partial charge is 0.127 e. The maximum atomic E-state index is 10.4. The highest BCUT2D eigenvalue weighted by atomic mass is 16.5. The molecule has 26 heavy (non-hydrogen) atoms. The van der Waals surface area contributed by atoms with Crippen LogP contribution >= 0.6 is 0 Å². The van der Waals surface area contributed by atoms with Crippen LogP contribution in [0.4, 0.5) is 0 Å². The van der Waals surface area contributed by atoms with E-state index in [1.807, 2.05) is 30.3 Å². The SMILES string of the molecule is O[C@H](CN[C@@H]1CCCc2ccccc21)COc1cccc2ccccc12. The first kappa shape index (κ1) is 17.1. The van der Waals surface area contributed by atoms with Crippen LogP contribution in [0, 0.1) is 0 Å². The average Bonchev–Trinajstić information content (AvgIpc) is 2.70. The fraction of sp³-hybridized carbons (Fsp3) is 0.304. The molecule has 0 amide bonds. The highest BCUT2D eigenvalue weighted by molar-refractivity contribution is 5.88. The Morgan fingerprint density at radius 1 is 1.00 bits per heavy atom. The molecule has 2 atom stereocenters. The van der Waals surface area contributed by atoms with Gasteiger partial charge in [-0.3, -0.25) is 0 Å². The van der Waals surface area contributed by atoms with Gasteiger partial charge in [0.15, 0.2) is 0 Å². The summed E-state index contributed by atoms with van der Waals surface area (Å²) in [4.78, 5) is 0. The Bertz CT molecular complexity index is 871. The van der Waals surface area contributed by atoms with Gasteiger partial charge in [-0.2, -0.15) is 0 Å². The summed E-state index contributed by atoms with van der Waals surface area (Å²) in [5.41, 5.74) is 2.80. The molecule has 1 aliphatic carbocycles. The number of benzene rings is 3. The van der Waals surface area contributed by atoms with Crippen molar-refractivity contribution in [1.29, 1.82) is 0 Å². The van der Waals surface area contributed by atoms with Crippen LogP contribution in [0.15, 0.2) is 66.7 Å². The molecule has 134 valence electrons.